The van der Waals surface area contributed by atoms with Crippen molar-refractivity contribution in [2.24, 2.45) is 0 Å². The smallest absolute Gasteiger partial charge is 0.255 e. The van der Waals surface area contributed by atoms with Gasteiger partial charge >= 0.3 is 0 Å². The highest BCUT2D eigenvalue weighted by atomic mass is 16.2. The molecule has 0 bridgehead atoms. The van der Waals surface area contributed by atoms with E-state index in [0.29, 0.717) is 11.6 Å². The van der Waals surface area contributed by atoms with E-state index in [9.17, 15) is 4.79 Å². The number of benzene rings is 1. The minimum Gasteiger partial charge on any atom is -0.337 e. The summed E-state index contributed by atoms with van der Waals surface area (Å²) in [6.45, 7) is 3.78. The van der Waals surface area contributed by atoms with Crippen molar-refractivity contribution in [3.05, 3.63) is 65.5 Å². The zero-order chi connectivity index (χ0) is 15.6. The molecule has 4 nitrogen and oxygen atoms in total. The van der Waals surface area contributed by atoms with E-state index in [1.165, 1.54) is 11.1 Å². The molecule has 0 saturated carbocycles. The number of rotatable bonds is 2. The molecule has 2 aliphatic heterocycles. The van der Waals surface area contributed by atoms with Crippen LogP contribution in [-0.4, -0.2) is 46.4 Å². The molecule has 2 aromatic rings. The van der Waals surface area contributed by atoms with E-state index in [-0.39, 0.29) is 5.91 Å². The molecule has 3 heterocycles. The van der Waals surface area contributed by atoms with Crippen LogP contribution in [0.15, 0.2) is 48.8 Å². The largest absolute Gasteiger partial charge is 0.337 e. The minimum atomic E-state index is 0.109. The molecule has 1 atom stereocenters. The number of hydrogen-bond acceptors (Lipinski definition) is 3. The van der Waals surface area contributed by atoms with Crippen LogP contribution in [0.5, 0.6) is 0 Å². The summed E-state index contributed by atoms with van der Waals surface area (Å²) in [5.41, 5.74) is 3.61. The first-order chi connectivity index (χ1) is 11.3. The molecule has 1 fully saturated rings. The van der Waals surface area contributed by atoms with E-state index in [2.05, 4.69) is 34.1 Å². The Morgan fingerprint density at radius 2 is 1.96 bits per heavy atom. The van der Waals surface area contributed by atoms with Crippen molar-refractivity contribution in [3.8, 4) is 0 Å². The van der Waals surface area contributed by atoms with Gasteiger partial charge in [-0.15, -0.1) is 0 Å². The molecule has 118 valence electrons. The second-order valence-corrected chi connectivity index (χ2v) is 6.42. The number of likely N-dealkylation sites (tertiary alicyclic amines) is 1. The summed E-state index contributed by atoms with van der Waals surface area (Å²) >= 11 is 0. The predicted octanol–water partition coefficient (Wildman–Crippen LogP) is 2.35. The highest BCUT2D eigenvalue weighted by Crippen LogP contribution is 2.25. The summed E-state index contributed by atoms with van der Waals surface area (Å²) in [6, 6.07) is 12.9. The molecule has 1 amide bonds. The van der Waals surface area contributed by atoms with Gasteiger partial charge in [-0.1, -0.05) is 24.3 Å². The lowest BCUT2D eigenvalue weighted by molar-refractivity contribution is 0.0773. The quantitative estimate of drug-likeness (QED) is 0.854. The molecular formula is C19H21N3O. The van der Waals surface area contributed by atoms with Crippen molar-refractivity contribution >= 4 is 5.91 Å². The third kappa shape index (κ3) is 2.86. The Bertz CT molecular complexity index is 701. The van der Waals surface area contributed by atoms with Crippen molar-refractivity contribution in [3.63, 3.8) is 0 Å². The van der Waals surface area contributed by atoms with Crippen LogP contribution in [0.4, 0.5) is 0 Å². The fourth-order valence-corrected chi connectivity index (χ4v) is 3.73. The number of fused-ring (bicyclic) bond motifs is 1. The second-order valence-electron chi connectivity index (χ2n) is 6.42. The molecule has 1 aromatic carbocycles. The summed E-state index contributed by atoms with van der Waals surface area (Å²) in [6.07, 6.45) is 5.54. The molecule has 4 rings (SSSR count). The van der Waals surface area contributed by atoms with Crippen molar-refractivity contribution in [2.75, 3.05) is 19.6 Å². The third-order valence-corrected chi connectivity index (χ3v) is 5.04. The van der Waals surface area contributed by atoms with E-state index in [0.717, 1.165) is 39.0 Å². The molecule has 1 aromatic heterocycles. The second kappa shape index (κ2) is 6.13. The molecular weight excluding hydrogens is 286 g/mol. The van der Waals surface area contributed by atoms with Crippen LogP contribution in [0.25, 0.3) is 0 Å². The van der Waals surface area contributed by atoms with Crippen molar-refractivity contribution in [2.45, 2.75) is 25.4 Å². The van der Waals surface area contributed by atoms with Gasteiger partial charge in [0, 0.05) is 44.6 Å². The fourth-order valence-electron chi connectivity index (χ4n) is 3.73. The molecule has 1 saturated heterocycles. The maximum absolute atomic E-state index is 12.5. The predicted molar refractivity (Wildman–Crippen MR) is 89.1 cm³/mol. The van der Waals surface area contributed by atoms with E-state index < -0.39 is 0 Å². The first-order valence-corrected chi connectivity index (χ1v) is 8.31. The Morgan fingerprint density at radius 3 is 2.78 bits per heavy atom. The Hall–Kier alpha value is -2.20. The number of carbonyl (C=O) groups excluding carboxylic acids is 1. The Morgan fingerprint density at radius 1 is 1.09 bits per heavy atom. The highest BCUT2D eigenvalue weighted by Gasteiger charge is 2.32. The maximum Gasteiger partial charge on any atom is 0.255 e. The lowest BCUT2D eigenvalue weighted by Crippen LogP contribution is -2.41. The van der Waals surface area contributed by atoms with Crippen LogP contribution >= 0.6 is 0 Å². The summed E-state index contributed by atoms with van der Waals surface area (Å²) < 4.78 is 0. The molecule has 0 aliphatic carbocycles. The molecule has 4 heteroatoms. The monoisotopic (exact) mass is 307 g/mol. The van der Waals surface area contributed by atoms with Gasteiger partial charge in [-0.25, -0.2) is 0 Å². The molecule has 23 heavy (non-hydrogen) atoms. The van der Waals surface area contributed by atoms with E-state index in [1.807, 2.05) is 17.0 Å². The molecule has 0 N–H and O–H groups in total. The van der Waals surface area contributed by atoms with Gasteiger partial charge in [-0.05, 0) is 36.1 Å². The first-order valence-electron chi connectivity index (χ1n) is 8.31. The van der Waals surface area contributed by atoms with Crippen molar-refractivity contribution in [1.82, 2.24) is 14.8 Å². The molecule has 0 spiro atoms. The number of hydrogen-bond donors (Lipinski definition) is 0. The van der Waals surface area contributed by atoms with Crippen molar-refractivity contribution < 1.29 is 4.79 Å². The Balaban J connectivity index is 1.42. The lowest BCUT2D eigenvalue weighted by Gasteiger charge is -2.33. The number of aromatic nitrogens is 1. The van der Waals surface area contributed by atoms with Crippen LogP contribution in [-0.2, 0) is 13.0 Å². The van der Waals surface area contributed by atoms with Gasteiger partial charge in [-0.2, -0.15) is 0 Å². The van der Waals surface area contributed by atoms with Gasteiger partial charge in [0.25, 0.3) is 5.91 Å². The average Bonchev–Trinajstić information content (AvgIpc) is 3.11. The van der Waals surface area contributed by atoms with Crippen LogP contribution in [0.2, 0.25) is 0 Å². The topological polar surface area (TPSA) is 36.4 Å². The van der Waals surface area contributed by atoms with Crippen LogP contribution in [0.3, 0.4) is 0 Å². The lowest BCUT2D eigenvalue weighted by atomic mass is 9.98. The van der Waals surface area contributed by atoms with E-state index in [4.69, 9.17) is 0 Å². The van der Waals surface area contributed by atoms with Crippen molar-refractivity contribution in [1.29, 1.82) is 0 Å². The standard InChI is InChI=1S/C19H21N3O/c23-19(16-6-3-9-20-12-16)22-11-8-18(14-22)21-10-7-15-4-1-2-5-17(15)13-21/h1-6,9,12,18H,7-8,10-11,13-14H2. The zero-order valence-corrected chi connectivity index (χ0v) is 13.2. The summed E-state index contributed by atoms with van der Waals surface area (Å²) in [7, 11) is 0. The van der Waals surface area contributed by atoms with Crippen LogP contribution in [0.1, 0.15) is 27.9 Å². The van der Waals surface area contributed by atoms with Gasteiger partial charge in [0.2, 0.25) is 0 Å². The zero-order valence-electron chi connectivity index (χ0n) is 13.2. The van der Waals surface area contributed by atoms with Gasteiger partial charge in [-0.3, -0.25) is 14.7 Å². The molecule has 2 aliphatic rings. The van der Waals surface area contributed by atoms with Crippen LogP contribution < -0.4 is 0 Å². The molecule has 0 radical (unpaired) electrons. The minimum absolute atomic E-state index is 0.109. The molecule has 1 unspecified atom stereocenters. The van der Waals surface area contributed by atoms with Gasteiger partial charge in [0.1, 0.15) is 0 Å². The highest BCUT2D eigenvalue weighted by molar-refractivity contribution is 5.94. The number of nitrogens with zero attached hydrogens (tertiary/aromatic N) is 3. The Kier molecular flexibility index (Phi) is 3.83. The summed E-state index contributed by atoms with van der Waals surface area (Å²) in [4.78, 5) is 21.1. The van der Waals surface area contributed by atoms with Gasteiger partial charge in [0.15, 0.2) is 0 Å². The van der Waals surface area contributed by atoms with Crippen LogP contribution in [0, 0.1) is 0 Å². The first kappa shape index (κ1) is 14.4. The van der Waals surface area contributed by atoms with E-state index >= 15 is 0 Å². The Labute approximate surface area is 136 Å². The normalized spacial score (nSPS) is 21.2. The average molecular weight is 307 g/mol. The number of carbonyl (C=O) groups is 1. The third-order valence-electron chi connectivity index (χ3n) is 5.04. The SMILES string of the molecule is O=C(c1cccnc1)N1CCC(N2CCc3ccccc3C2)C1. The summed E-state index contributed by atoms with van der Waals surface area (Å²) in [5.74, 6) is 0.109. The summed E-state index contributed by atoms with van der Waals surface area (Å²) in [5, 5.41) is 0. The van der Waals surface area contributed by atoms with E-state index in [1.54, 1.807) is 12.4 Å². The fraction of sp³-hybridized carbons (Fsp3) is 0.368. The van der Waals surface area contributed by atoms with Gasteiger partial charge in [0.05, 0.1) is 5.56 Å². The number of pyridine rings is 1. The number of amides is 1. The maximum atomic E-state index is 12.5. The van der Waals surface area contributed by atoms with Gasteiger partial charge < -0.3 is 4.90 Å².